The standard InChI is InChI=1S/C30H32Cl2OSi2/c31-23-13-25-34(27-15-5-1-6-16-27,28-17-7-2-8-18-28)33-35(26-14-24-32,29-19-9-3-10-20-29)30-21-11-4-12-22-30/h1-12,15-22H,13-14,23-26H2. The Morgan fingerprint density at radius 2 is 0.686 bits per heavy atom. The fourth-order valence-corrected chi connectivity index (χ4v) is 16.9. The molecular formula is C30H32Cl2OSi2. The summed E-state index contributed by atoms with van der Waals surface area (Å²) in [4.78, 5) is 0. The number of hydrogen-bond acceptors (Lipinski definition) is 1. The van der Waals surface area contributed by atoms with Crippen molar-refractivity contribution in [1.29, 1.82) is 0 Å². The second-order valence-corrected chi connectivity index (χ2v) is 17.0. The smallest absolute Gasteiger partial charge is 0.245 e. The van der Waals surface area contributed by atoms with E-state index >= 15 is 0 Å². The van der Waals surface area contributed by atoms with Crippen molar-refractivity contribution >= 4 is 60.6 Å². The predicted octanol–water partition coefficient (Wildman–Crippen LogP) is 5.78. The first-order valence-corrected chi connectivity index (χ1v) is 17.6. The Labute approximate surface area is 222 Å². The molecular weight excluding hydrogens is 503 g/mol. The minimum absolute atomic E-state index is 0.616. The molecule has 0 aliphatic rings. The van der Waals surface area contributed by atoms with Crippen LogP contribution < -0.4 is 20.7 Å². The molecule has 0 saturated heterocycles. The number of halogens is 2. The van der Waals surface area contributed by atoms with Crippen molar-refractivity contribution in [2.45, 2.75) is 24.9 Å². The van der Waals surface area contributed by atoms with Crippen molar-refractivity contribution in [3.8, 4) is 0 Å². The van der Waals surface area contributed by atoms with Crippen LogP contribution in [0.15, 0.2) is 121 Å². The highest BCUT2D eigenvalue weighted by atomic mass is 35.5. The lowest BCUT2D eigenvalue weighted by molar-refractivity contribution is 0.562. The first kappa shape index (κ1) is 25.9. The number of rotatable bonds is 12. The van der Waals surface area contributed by atoms with E-state index in [1.165, 1.54) is 20.7 Å². The Balaban J connectivity index is 2.01. The van der Waals surface area contributed by atoms with Gasteiger partial charge in [-0.05, 0) is 45.7 Å². The molecule has 5 heteroatoms. The normalized spacial score (nSPS) is 11.9. The van der Waals surface area contributed by atoms with Gasteiger partial charge in [0.25, 0.3) is 0 Å². The summed E-state index contributed by atoms with van der Waals surface area (Å²) in [6.45, 7) is 0. The molecule has 1 nitrogen and oxygen atoms in total. The van der Waals surface area contributed by atoms with Crippen molar-refractivity contribution < 1.29 is 4.12 Å². The molecule has 4 aromatic carbocycles. The van der Waals surface area contributed by atoms with E-state index in [2.05, 4.69) is 121 Å². The zero-order chi connectivity index (χ0) is 24.4. The molecule has 35 heavy (non-hydrogen) atoms. The average Bonchev–Trinajstić information content (AvgIpc) is 2.95. The Bertz CT molecular complexity index is 970. The summed E-state index contributed by atoms with van der Waals surface area (Å²) in [5, 5.41) is 5.19. The van der Waals surface area contributed by atoms with Gasteiger partial charge in [0.05, 0.1) is 0 Å². The minimum Gasteiger partial charge on any atom is -0.442 e. The summed E-state index contributed by atoms with van der Waals surface area (Å²) in [6, 6.07) is 45.3. The summed E-state index contributed by atoms with van der Waals surface area (Å²) in [5.41, 5.74) is 0. The lowest BCUT2D eigenvalue weighted by atomic mass is 10.4. The van der Waals surface area contributed by atoms with Crippen molar-refractivity contribution in [1.82, 2.24) is 0 Å². The van der Waals surface area contributed by atoms with Crippen LogP contribution in [0.1, 0.15) is 12.8 Å². The van der Waals surface area contributed by atoms with E-state index in [-0.39, 0.29) is 0 Å². The molecule has 0 unspecified atom stereocenters. The number of benzene rings is 4. The van der Waals surface area contributed by atoms with E-state index in [1.807, 2.05) is 0 Å². The molecule has 0 radical (unpaired) electrons. The second-order valence-electron chi connectivity index (χ2n) is 8.81. The summed E-state index contributed by atoms with van der Waals surface area (Å²) in [7, 11) is -5.37. The molecule has 0 saturated carbocycles. The molecule has 0 fully saturated rings. The van der Waals surface area contributed by atoms with E-state index in [0.717, 1.165) is 24.9 Å². The molecule has 0 spiro atoms. The van der Waals surface area contributed by atoms with Crippen molar-refractivity contribution in [2.24, 2.45) is 0 Å². The Hall–Kier alpha value is -2.15. The van der Waals surface area contributed by atoms with Crippen LogP contribution in [-0.4, -0.2) is 28.4 Å². The second kappa shape index (κ2) is 12.7. The van der Waals surface area contributed by atoms with Gasteiger partial charge in [0.1, 0.15) is 0 Å². The van der Waals surface area contributed by atoms with E-state index < -0.39 is 16.6 Å². The maximum absolute atomic E-state index is 7.93. The van der Waals surface area contributed by atoms with Gasteiger partial charge in [-0.25, -0.2) is 0 Å². The fourth-order valence-electron chi connectivity index (χ4n) is 5.01. The monoisotopic (exact) mass is 534 g/mol. The topological polar surface area (TPSA) is 9.23 Å². The van der Waals surface area contributed by atoms with Gasteiger partial charge >= 0.3 is 0 Å². The number of hydrogen-bond donors (Lipinski definition) is 0. The van der Waals surface area contributed by atoms with Crippen LogP contribution in [0.2, 0.25) is 12.1 Å². The summed E-state index contributed by atoms with van der Waals surface area (Å²) in [5.74, 6) is 1.23. The highest BCUT2D eigenvalue weighted by molar-refractivity contribution is 7.09. The maximum atomic E-state index is 7.93. The van der Waals surface area contributed by atoms with Crippen molar-refractivity contribution in [3.05, 3.63) is 121 Å². The molecule has 0 amide bonds. The molecule has 0 bridgehead atoms. The molecule has 4 aromatic rings. The van der Waals surface area contributed by atoms with Crippen molar-refractivity contribution in [2.75, 3.05) is 11.8 Å². The molecule has 180 valence electrons. The highest BCUT2D eigenvalue weighted by Gasteiger charge is 2.49. The van der Waals surface area contributed by atoms with Crippen LogP contribution in [-0.2, 0) is 4.12 Å². The Morgan fingerprint density at radius 1 is 0.429 bits per heavy atom. The molecule has 0 atom stereocenters. The lowest BCUT2D eigenvalue weighted by Gasteiger charge is -2.43. The van der Waals surface area contributed by atoms with Gasteiger partial charge in [0.2, 0.25) is 16.6 Å². The molecule has 0 aliphatic heterocycles. The molecule has 0 aliphatic carbocycles. The molecule has 0 aromatic heterocycles. The third-order valence-electron chi connectivity index (χ3n) is 6.63. The summed E-state index contributed by atoms with van der Waals surface area (Å²) >= 11 is 12.7. The Kier molecular flexibility index (Phi) is 9.41. The van der Waals surface area contributed by atoms with Crippen LogP contribution in [0, 0.1) is 0 Å². The van der Waals surface area contributed by atoms with Gasteiger partial charge in [0, 0.05) is 11.8 Å². The summed E-state index contributed by atoms with van der Waals surface area (Å²) < 4.78 is 7.93. The minimum atomic E-state index is -2.69. The SMILES string of the molecule is ClCCC[Si](O[Si](CCCCl)(c1ccccc1)c1ccccc1)(c1ccccc1)c1ccccc1. The average molecular weight is 536 g/mol. The number of alkyl halides is 2. The molecule has 0 heterocycles. The van der Waals surface area contributed by atoms with Crippen LogP contribution in [0.25, 0.3) is 0 Å². The highest BCUT2D eigenvalue weighted by Crippen LogP contribution is 2.26. The van der Waals surface area contributed by atoms with Gasteiger partial charge in [-0.15, -0.1) is 23.2 Å². The van der Waals surface area contributed by atoms with Crippen molar-refractivity contribution in [3.63, 3.8) is 0 Å². The van der Waals surface area contributed by atoms with Crippen LogP contribution in [0.4, 0.5) is 0 Å². The van der Waals surface area contributed by atoms with Crippen LogP contribution >= 0.6 is 23.2 Å². The first-order valence-electron chi connectivity index (χ1n) is 12.3. The largest absolute Gasteiger partial charge is 0.442 e. The molecule has 4 rings (SSSR count). The van der Waals surface area contributed by atoms with Gasteiger partial charge in [-0.2, -0.15) is 0 Å². The van der Waals surface area contributed by atoms with E-state index in [1.54, 1.807) is 0 Å². The zero-order valence-corrected chi connectivity index (χ0v) is 23.5. The quantitative estimate of drug-likeness (QED) is 0.165. The van der Waals surface area contributed by atoms with E-state index in [0.29, 0.717) is 11.8 Å². The molecule has 0 N–H and O–H groups in total. The third-order valence-corrected chi connectivity index (χ3v) is 17.1. The first-order chi connectivity index (χ1) is 17.2. The third kappa shape index (κ3) is 5.82. The van der Waals surface area contributed by atoms with Crippen LogP contribution in [0.5, 0.6) is 0 Å². The Morgan fingerprint density at radius 3 is 0.914 bits per heavy atom. The van der Waals surface area contributed by atoms with Crippen LogP contribution in [0.3, 0.4) is 0 Å². The van der Waals surface area contributed by atoms with Gasteiger partial charge in [0.15, 0.2) is 0 Å². The maximum Gasteiger partial charge on any atom is 0.245 e. The fraction of sp³-hybridized carbons (Fsp3) is 0.200. The van der Waals surface area contributed by atoms with E-state index in [4.69, 9.17) is 27.3 Å². The zero-order valence-electron chi connectivity index (χ0n) is 20.0. The predicted molar refractivity (Wildman–Crippen MR) is 157 cm³/mol. The van der Waals surface area contributed by atoms with E-state index in [9.17, 15) is 0 Å². The van der Waals surface area contributed by atoms with Gasteiger partial charge in [-0.1, -0.05) is 121 Å². The van der Waals surface area contributed by atoms with Gasteiger partial charge in [-0.3, -0.25) is 0 Å². The van der Waals surface area contributed by atoms with Gasteiger partial charge < -0.3 is 4.12 Å². The summed E-state index contributed by atoms with van der Waals surface area (Å²) in [6.07, 6.45) is 1.81. The lowest BCUT2D eigenvalue weighted by Crippen LogP contribution is -2.72.